The van der Waals surface area contributed by atoms with E-state index in [1.807, 2.05) is 0 Å². The van der Waals surface area contributed by atoms with Gasteiger partial charge < -0.3 is 29.2 Å². The van der Waals surface area contributed by atoms with Gasteiger partial charge in [-0.25, -0.2) is 14.5 Å². The summed E-state index contributed by atoms with van der Waals surface area (Å²) in [5, 5.41) is 10.1. The first kappa shape index (κ1) is 26.8. The number of hydrogen-bond donors (Lipinski definition) is 2. The van der Waals surface area contributed by atoms with E-state index in [4.69, 9.17) is 21.1 Å². The summed E-state index contributed by atoms with van der Waals surface area (Å²) in [6, 6.07) is 0.250. The van der Waals surface area contributed by atoms with Gasteiger partial charge >= 0.3 is 6.18 Å². The maximum Gasteiger partial charge on any atom is 0.417 e. The number of aromatic nitrogens is 7. The molecule has 2 N–H and O–H groups in total. The predicted molar refractivity (Wildman–Crippen MR) is 144 cm³/mol. The number of ether oxygens (including phenoxy) is 2. The summed E-state index contributed by atoms with van der Waals surface area (Å²) in [7, 11) is 3.33. The number of anilines is 3. The number of nitrogens with zero attached hydrogens (tertiary/aromatic N) is 7. The molecule has 0 spiro atoms. The van der Waals surface area contributed by atoms with Crippen LogP contribution in [-0.4, -0.2) is 54.0 Å². The number of imidazole rings is 1. The summed E-state index contributed by atoms with van der Waals surface area (Å²) in [5.41, 5.74) is -0.785. The highest BCUT2D eigenvalue weighted by Gasteiger charge is 2.33. The lowest BCUT2D eigenvalue weighted by molar-refractivity contribution is -0.138. The van der Waals surface area contributed by atoms with E-state index in [1.54, 1.807) is 31.0 Å². The molecular formula is C25H23ClF3N9O3. The molecule has 214 valence electrons. The molecule has 16 heteroatoms. The topological polar surface area (TPSA) is 125 Å². The van der Waals surface area contributed by atoms with Crippen LogP contribution in [0.4, 0.5) is 30.6 Å². The van der Waals surface area contributed by atoms with E-state index in [0.717, 1.165) is 16.8 Å². The second-order valence-electron chi connectivity index (χ2n) is 9.41. The minimum absolute atomic E-state index is 0.0641. The first-order valence-electron chi connectivity index (χ1n) is 12.5. The van der Waals surface area contributed by atoms with Crippen LogP contribution in [0.5, 0.6) is 11.5 Å². The van der Waals surface area contributed by atoms with Crippen molar-refractivity contribution in [1.82, 2.24) is 33.7 Å². The van der Waals surface area contributed by atoms with Gasteiger partial charge in [-0.05, 0) is 18.9 Å². The van der Waals surface area contributed by atoms with Crippen molar-refractivity contribution >= 4 is 45.7 Å². The molecule has 5 aromatic heterocycles. The summed E-state index contributed by atoms with van der Waals surface area (Å²) in [6.07, 6.45) is 3.47. The Labute approximate surface area is 234 Å². The number of rotatable bonds is 6. The molecule has 1 unspecified atom stereocenters. The highest BCUT2D eigenvalue weighted by Crippen LogP contribution is 2.37. The van der Waals surface area contributed by atoms with Crippen LogP contribution in [0.2, 0.25) is 5.02 Å². The van der Waals surface area contributed by atoms with Crippen LogP contribution >= 0.6 is 11.6 Å². The van der Waals surface area contributed by atoms with Gasteiger partial charge in [0, 0.05) is 26.9 Å². The number of aryl methyl sites for hydroxylation is 1. The fourth-order valence-electron chi connectivity index (χ4n) is 4.66. The monoisotopic (exact) mass is 589 g/mol. The van der Waals surface area contributed by atoms with Gasteiger partial charge in [0.15, 0.2) is 17.1 Å². The zero-order valence-electron chi connectivity index (χ0n) is 21.7. The Morgan fingerprint density at radius 1 is 1.17 bits per heavy atom. The third-order valence-corrected chi connectivity index (χ3v) is 7.16. The summed E-state index contributed by atoms with van der Waals surface area (Å²) in [6.45, 7) is 0.648. The van der Waals surface area contributed by atoms with Gasteiger partial charge in [0.1, 0.15) is 27.6 Å². The van der Waals surface area contributed by atoms with E-state index in [2.05, 4.69) is 30.7 Å². The highest BCUT2D eigenvalue weighted by atomic mass is 35.5. The Morgan fingerprint density at radius 2 is 2.00 bits per heavy atom. The molecule has 6 heterocycles. The number of pyridine rings is 2. The van der Waals surface area contributed by atoms with Crippen molar-refractivity contribution in [1.29, 1.82) is 0 Å². The Morgan fingerprint density at radius 3 is 2.73 bits per heavy atom. The van der Waals surface area contributed by atoms with E-state index < -0.39 is 23.3 Å². The Balaban J connectivity index is 1.36. The molecule has 1 aliphatic rings. The quantitative estimate of drug-likeness (QED) is 0.288. The van der Waals surface area contributed by atoms with Crippen LogP contribution in [0.3, 0.4) is 0 Å². The van der Waals surface area contributed by atoms with Crippen LogP contribution in [0.15, 0.2) is 41.8 Å². The van der Waals surface area contributed by atoms with Crippen molar-refractivity contribution in [3.8, 4) is 11.5 Å². The number of fused-ring (bicyclic) bond motifs is 2. The Hall–Kier alpha value is -4.37. The van der Waals surface area contributed by atoms with Crippen LogP contribution in [-0.2, 0) is 18.0 Å². The zero-order chi connectivity index (χ0) is 28.9. The van der Waals surface area contributed by atoms with E-state index in [-0.39, 0.29) is 34.7 Å². The zero-order valence-corrected chi connectivity index (χ0v) is 22.5. The molecule has 1 aliphatic heterocycles. The van der Waals surface area contributed by atoms with Gasteiger partial charge in [-0.2, -0.15) is 23.3 Å². The molecule has 1 atom stereocenters. The van der Waals surface area contributed by atoms with Crippen molar-refractivity contribution in [3.63, 3.8) is 0 Å². The molecule has 0 radical (unpaired) electrons. The van der Waals surface area contributed by atoms with Crippen molar-refractivity contribution < 1.29 is 22.6 Å². The van der Waals surface area contributed by atoms with E-state index in [9.17, 15) is 18.0 Å². The van der Waals surface area contributed by atoms with Gasteiger partial charge in [0.05, 0.1) is 43.0 Å². The molecule has 5 aromatic rings. The molecule has 12 nitrogen and oxygen atoms in total. The molecule has 0 aromatic carbocycles. The molecule has 6 rings (SSSR count). The average molecular weight is 590 g/mol. The summed E-state index contributed by atoms with van der Waals surface area (Å²) in [5.74, 6) is 1.25. The number of hydrogen-bond acceptors (Lipinski definition) is 9. The largest absolute Gasteiger partial charge is 0.450 e. The maximum atomic E-state index is 13.8. The molecular weight excluding hydrogens is 567 g/mol. The van der Waals surface area contributed by atoms with Gasteiger partial charge in [-0.1, -0.05) is 11.6 Å². The minimum atomic E-state index is -4.67. The average Bonchev–Trinajstić information content (AvgIpc) is 3.51. The smallest absolute Gasteiger partial charge is 0.417 e. The molecule has 0 aliphatic carbocycles. The third kappa shape index (κ3) is 4.91. The predicted octanol–water partition coefficient (Wildman–Crippen LogP) is 4.77. The van der Waals surface area contributed by atoms with Gasteiger partial charge in [0.25, 0.3) is 5.56 Å². The van der Waals surface area contributed by atoms with Crippen LogP contribution < -0.4 is 20.9 Å². The van der Waals surface area contributed by atoms with E-state index >= 15 is 0 Å². The Bertz CT molecular complexity index is 1830. The second kappa shape index (κ2) is 10.2. The van der Waals surface area contributed by atoms with Crippen molar-refractivity contribution in [3.05, 3.63) is 58.0 Å². The summed E-state index contributed by atoms with van der Waals surface area (Å²) >= 11 is 6.69. The van der Waals surface area contributed by atoms with Gasteiger partial charge in [-0.15, -0.1) is 0 Å². The molecule has 0 amide bonds. The number of alkyl halides is 3. The van der Waals surface area contributed by atoms with Crippen molar-refractivity contribution in [2.75, 3.05) is 30.9 Å². The lowest BCUT2D eigenvalue weighted by Crippen LogP contribution is -2.32. The first-order chi connectivity index (χ1) is 19.6. The van der Waals surface area contributed by atoms with Crippen LogP contribution in [0.1, 0.15) is 24.4 Å². The number of halogens is 4. The first-order valence-corrected chi connectivity index (χ1v) is 12.9. The lowest BCUT2D eigenvalue weighted by Gasteiger charge is -2.25. The van der Waals surface area contributed by atoms with Crippen LogP contribution in [0, 0.1) is 0 Å². The maximum absolute atomic E-state index is 13.8. The van der Waals surface area contributed by atoms with Crippen LogP contribution in [0.25, 0.3) is 16.7 Å². The molecule has 41 heavy (non-hydrogen) atoms. The minimum Gasteiger partial charge on any atom is -0.450 e. The van der Waals surface area contributed by atoms with E-state index in [1.165, 1.54) is 17.0 Å². The SMILES string of the molecule is CNc1cn2ncc(Oc3cnc4nc(Nc5cc(C(F)(F)F)cn(C6CCCOC6)c5=O)n(C)c4c3Cl)c2cn1. The molecule has 1 fully saturated rings. The highest BCUT2D eigenvalue weighted by molar-refractivity contribution is 6.36. The summed E-state index contributed by atoms with van der Waals surface area (Å²) in [4.78, 5) is 26.2. The van der Waals surface area contributed by atoms with Gasteiger partial charge in [0.2, 0.25) is 5.95 Å². The van der Waals surface area contributed by atoms with Crippen molar-refractivity contribution in [2.45, 2.75) is 25.1 Å². The Kier molecular flexibility index (Phi) is 6.69. The second-order valence-corrected chi connectivity index (χ2v) is 9.79. The molecule has 0 saturated carbocycles. The van der Waals surface area contributed by atoms with E-state index in [0.29, 0.717) is 42.0 Å². The standard InChI is InChI=1S/C25H23ClF3N9O3/c1-30-19-11-38-16(7-31-19)17(9-33-38)41-18-8-32-22-21(20(18)26)36(2)24(35-22)34-15-6-13(25(27,28)29)10-37(23(15)39)14-4-3-5-40-12-14/h6-11,14,30H,3-5,12H2,1-2H3,(H,32,34,35). The molecule has 0 bridgehead atoms. The normalized spacial score (nSPS) is 15.9. The van der Waals surface area contributed by atoms with Crippen molar-refractivity contribution in [2.24, 2.45) is 7.05 Å². The van der Waals surface area contributed by atoms with Gasteiger partial charge in [-0.3, -0.25) is 4.79 Å². The fraction of sp³-hybridized carbons (Fsp3) is 0.320. The fourth-order valence-corrected chi connectivity index (χ4v) is 4.96. The third-order valence-electron chi connectivity index (χ3n) is 6.80. The summed E-state index contributed by atoms with van der Waals surface area (Å²) < 4.78 is 56.9. The molecule has 1 saturated heterocycles. The lowest BCUT2D eigenvalue weighted by atomic mass is 10.1. The number of nitrogens with one attached hydrogen (secondary N) is 2.